The molecular weight excluding hydrogens is 748 g/mol. The molecule has 3 rings (SSSR count). The van der Waals surface area contributed by atoms with Crippen molar-refractivity contribution in [1.29, 1.82) is 0 Å². The third-order valence-electron chi connectivity index (χ3n) is 12.3. The smallest absolute Gasteiger partial charge is 0.311 e. The lowest BCUT2D eigenvalue weighted by Gasteiger charge is -2.49. The first-order chi connectivity index (χ1) is 27.9. The molecule has 0 spiro atoms. The number of oxime groups is 1. The molecule has 17 heteroatoms. The summed E-state index contributed by atoms with van der Waals surface area (Å²) in [6, 6.07) is -0.394. The van der Waals surface area contributed by atoms with Crippen LogP contribution in [0.4, 0.5) is 0 Å². The number of carbonyl (C=O) groups excluding carboxylic acids is 1. The first kappa shape index (κ1) is 43.5. The molecule has 0 unspecified atom stereocenters. The molecule has 3 heterocycles. The van der Waals surface area contributed by atoms with Crippen LogP contribution in [-0.2, 0) is 42.8 Å². The lowest BCUT2D eigenvalue weighted by Crippen LogP contribution is -2.61. The molecule has 3 fully saturated rings. The van der Waals surface area contributed by atoms with Crippen LogP contribution < -0.4 is 0 Å². The molecule has 0 aliphatic carbocycles. The third kappa shape index (κ3) is 11.8. The molecule has 18 atom stereocenters. The number of aliphatic hydroxyl groups is 6. The normalized spacial score (nSPS) is 48.0. The summed E-state index contributed by atoms with van der Waals surface area (Å²) in [5.41, 5.74) is -5.10. The van der Waals surface area contributed by atoms with E-state index >= 15 is 0 Å². The summed E-state index contributed by atoms with van der Waals surface area (Å²) in [6.07, 6.45) is -10.8. The number of nitrogens with zero attached hydrogens (tertiary/aromatic N) is 2. The highest BCUT2D eigenvalue weighted by atomic mass is 16.7. The Balaban J connectivity index is 2.24. The van der Waals surface area contributed by atoms with Gasteiger partial charge in [0.1, 0.15) is 23.9 Å². The Morgan fingerprint density at radius 1 is 0.965 bits per heavy atom. The summed E-state index contributed by atoms with van der Waals surface area (Å²) in [5.74, 6) is -4.84. The fraction of sp³-hybridized carbons (Fsp3) is 0.950. The van der Waals surface area contributed by atoms with Gasteiger partial charge in [-0.05, 0) is 74.9 Å². The molecule has 0 saturated carbocycles. The summed E-state index contributed by atoms with van der Waals surface area (Å²) in [7, 11) is 5.09. The first-order valence-electron chi connectivity index (χ1n) is 22.0. The predicted octanol–water partition coefficient (Wildman–Crippen LogP) is 1.56. The van der Waals surface area contributed by atoms with Crippen LogP contribution in [-0.4, -0.2) is 173 Å². The van der Waals surface area contributed by atoms with Gasteiger partial charge in [0.25, 0.3) is 0 Å². The number of hydrogen-bond acceptors (Lipinski definition) is 17. The van der Waals surface area contributed by atoms with E-state index in [-0.39, 0.29) is 31.1 Å². The number of esters is 1. The Morgan fingerprint density at radius 3 is 2.19 bits per heavy atom. The van der Waals surface area contributed by atoms with Crippen molar-refractivity contribution in [3.8, 4) is 0 Å². The second-order valence-electron chi connectivity index (χ2n) is 17.2. The van der Waals surface area contributed by atoms with Crippen LogP contribution in [0.25, 0.3) is 0 Å². The Labute approximate surface area is 344 Å². The van der Waals surface area contributed by atoms with Crippen molar-refractivity contribution in [2.45, 2.75) is 179 Å². The Morgan fingerprint density at radius 2 is 1.61 bits per heavy atom. The zero-order valence-corrected chi connectivity index (χ0v) is 35.9. The standard InChI is InChI=1S/C40H74N2O15/c1-14-28-40(10,49)33(45)23(4)30(41-52-20-51-16-15-43)21(2)18-38(8,48)35(57-37-31(44)27(42(11)12)17-22(3)53-37)24(5)32(25(6)36(47)55-28)56-29-19-39(9,50-13)34(46)26(7)54-29/h21-29,31-35,37,43-46,48-49H,14-20H2,1-13H3/b41-30+/t21-,22-,23+,24+,25-,26+,27+,28-,29+,31-,32+,33-,34+,35-,37+,38-,39-,40-/m1/s1/i15D2,16D2. The van der Waals surface area contributed by atoms with Crippen molar-refractivity contribution in [1.82, 2.24) is 4.90 Å². The Bertz CT molecular complexity index is 1460. The second kappa shape index (κ2) is 20.8. The van der Waals surface area contributed by atoms with Crippen LogP contribution in [0, 0.1) is 23.7 Å². The average Bonchev–Trinajstić information content (AvgIpc) is 3.15. The van der Waals surface area contributed by atoms with Crippen molar-refractivity contribution in [2.24, 2.45) is 28.8 Å². The maximum absolute atomic E-state index is 14.3. The van der Waals surface area contributed by atoms with E-state index in [2.05, 4.69) is 5.16 Å². The van der Waals surface area contributed by atoms with Crippen LogP contribution in [0.5, 0.6) is 0 Å². The summed E-state index contributed by atoms with van der Waals surface area (Å²) in [5, 5.41) is 72.9. The molecule has 334 valence electrons. The van der Waals surface area contributed by atoms with E-state index in [1.807, 2.05) is 25.9 Å². The quantitative estimate of drug-likeness (QED) is 0.0710. The van der Waals surface area contributed by atoms with Crippen molar-refractivity contribution < 1.29 is 78.9 Å². The molecule has 0 amide bonds. The zero-order valence-electron chi connectivity index (χ0n) is 39.9. The minimum atomic E-state index is -3.40. The van der Waals surface area contributed by atoms with Gasteiger partial charge in [0.2, 0.25) is 6.79 Å². The van der Waals surface area contributed by atoms with E-state index in [0.29, 0.717) is 6.42 Å². The SMILES string of the molecule is [2H]C([2H])(O)C([2H])([2H])OCO/N=C1\[C@H](C)C[C@@](C)(O)[C@H](O[C@@H]2O[C@H](C)C[C@H](N(C)C)[C@H]2O)[C@@H](C)[C@H](O[C@H]2C[C@@](C)(OC)[C@@H](O)[C@H](C)O2)[C@@H](C)C(=O)O[C@H](CC)[C@@](C)(O)[C@H](O)[C@H]1C. The van der Waals surface area contributed by atoms with Gasteiger partial charge in [-0.15, -0.1) is 0 Å². The molecule has 3 aliphatic rings. The largest absolute Gasteiger partial charge is 0.459 e. The van der Waals surface area contributed by atoms with Crippen LogP contribution in [0.3, 0.4) is 0 Å². The summed E-state index contributed by atoms with van der Waals surface area (Å²) < 4.78 is 72.3. The summed E-state index contributed by atoms with van der Waals surface area (Å²) >= 11 is 0. The maximum atomic E-state index is 14.3. The molecule has 0 aromatic rings. The fourth-order valence-electron chi connectivity index (χ4n) is 8.78. The van der Waals surface area contributed by atoms with Crippen LogP contribution in [0.15, 0.2) is 5.16 Å². The van der Waals surface area contributed by atoms with Crippen molar-refractivity contribution in [2.75, 3.05) is 41.1 Å². The molecule has 0 radical (unpaired) electrons. The number of aliphatic hydroxyl groups excluding tert-OH is 3. The number of ether oxygens (including phenoxy) is 7. The second-order valence-corrected chi connectivity index (χ2v) is 17.2. The fourth-order valence-corrected chi connectivity index (χ4v) is 8.78. The number of rotatable bonds is 12. The van der Waals surface area contributed by atoms with Gasteiger partial charge in [0, 0.05) is 37.3 Å². The molecule has 57 heavy (non-hydrogen) atoms. The molecule has 3 aliphatic heterocycles. The van der Waals surface area contributed by atoms with Crippen molar-refractivity contribution in [3.63, 3.8) is 0 Å². The van der Waals surface area contributed by atoms with E-state index in [9.17, 15) is 35.4 Å². The van der Waals surface area contributed by atoms with Gasteiger partial charge >= 0.3 is 5.97 Å². The van der Waals surface area contributed by atoms with Gasteiger partial charge in [-0.2, -0.15) is 0 Å². The highest BCUT2D eigenvalue weighted by Crippen LogP contribution is 2.41. The van der Waals surface area contributed by atoms with Crippen molar-refractivity contribution in [3.05, 3.63) is 0 Å². The van der Waals surface area contributed by atoms with Gasteiger partial charge in [-0.25, -0.2) is 0 Å². The van der Waals surface area contributed by atoms with Gasteiger partial charge in [0.05, 0.1) is 72.0 Å². The lowest BCUT2D eigenvalue weighted by molar-refractivity contribution is -0.317. The van der Waals surface area contributed by atoms with E-state index in [0.717, 1.165) is 0 Å². The minimum absolute atomic E-state index is 0.0345. The third-order valence-corrected chi connectivity index (χ3v) is 12.3. The number of likely N-dealkylation sites (N-methyl/N-ethyl adjacent to an activating group) is 1. The minimum Gasteiger partial charge on any atom is -0.459 e. The molecule has 0 bridgehead atoms. The van der Waals surface area contributed by atoms with E-state index in [1.54, 1.807) is 41.5 Å². The van der Waals surface area contributed by atoms with E-state index in [1.165, 1.54) is 27.9 Å². The topological polar surface area (TPSA) is 228 Å². The molecule has 3 saturated heterocycles. The van der Waals surface area contributed by atoms with Gasteiger partial charge in [-0.1, -0.05) is 32.9 Å². The zero-order chi connectivity index (χ0) is 46.8. The monoisotopic (exact) mass is 827 g/mol. The van der Waals surface area contributed by atoms with Crippen LogP contribution in [0.2, 0.25) is 0 Å². The highest BCUT2D eigenvalue weighted by Gasteiger charge is 2.53. The highest BCUT2D eigenvalue weighted by molar-refractivity contribution is 5.88. The lowest BCUT2D eigenvalue weighted by atomic mass is 9.73. The number of cyclic esters (lactones) is 1. The Hall–Kier alpha value is -1.58. The Kier molecular flexibility index (Phi) is 15.9. The molecule has 6 N–H and O–H groups in total. The average molecular weight is 827 g/mol. The van der Waals surface area contributed by atoms with Crippen molar-refractivity contribution >= 4 is 11.7 Å². The van der Waals surface area contributed by atoms with Gasteiger partial charge < -0.3 is 73.5 Å². The van der Waals surface area contributed by atoms with E-state index < -0.39 is 128 Å². The molecule has 0 aromatic carbocycles. The number of carbonyl (C=O) groups is 1. The predicted molar refractivity (Wildman–Crippen MR) is 208 cm³/mol. The van der Waals surface area contributed by atoms with Gasteiger partial charge in [-0.3, -0.25) is 4.79 Å². The summed E-state index contributed by atoms with van der Waals surface area (Å²) in [6.45, 7) is 8.50. The van der Waals surface area contributed by atoms with Crippen LogP contribution in [0.1, 0.15) is 100 Å². The summed E-state index contributed by atoms with van der Waals surface area (Å²) in [4.78, 5) is 21.5. The molecule has 0 aromatic heterocycles. The number of methoxy groups -OCH3 is 1. The molecular formula is C40H74N2O15. The molecule has 17 nitrogen and oxygen atoms in total. The maximum Gasteiger partial charge on any atom is 0.311 e. The van der Waals surface area contributed by atoms with E-state index in [4.69, 9.17) is 43.5 Å². The van der Waals surface area contributed by atoms with Crippen LogP contribution >= 0.6 is 0 Å². The van der Waals surface area contributed by atoms with Gasteiger partial charge in [0.15, 0.2) is 12.6 Å². The first-order valence-corrected chi connectivity index (χ1v) is 20.0. The number of hydrogen-bond donors (Lipinski definition) is 6.